The number of amides is 1. The van der Waals surface area contributed by atoms with Crippen LogP contribution >= 0.6 is 11.8 Å². The van der Waals surface area contributed by atoms with Crippen LogP contribution in [-0.4, -0.2) is 38.0 Å². The molecule has 0 aliphatic rings. The molecule has 0 saturated heterocycles. The molecule has 1 amide bonds. The first-order valence-electron chi connectivity index (χ1n) is 9.13. The monoisotopic (exact) mass is 397 g/mol. The highest BCUT2D eigenvalue weighted by atomic mass is 32.2. The molecule has 8 heteroatoms. The number of tetrazole rings is 1. The Labute approximate surface area is 168 Å². The molecule has 0 fully saturated rings. The Kier molecular flexibility index (Phi) is 6.65. The molecule has 3 aromatic rings. The van der Waals surface area contributed by atoms with Crippen molar-refractivity contribution in [2.75, 3.05) is 11.9 Å². The number of carbonyl (C=O) groups excluding carboxylic acids is 1. The van der Waals surface area contributed by atoms with Crippen molar-refractivity contribution >= 4 is 23.4 Å². The fraction of sp³-hybridized carbons (Fsp3) is 0.300. The third-order valence-electron chi connectivity index (χ3n) is 3.97. The van der Waals surface area contributed by atoms with Gasteiger partial charge in [-0.05, 0) is 47.5 Å². The summed E-state index contributed by atoms with van der Waals surface area (Å²) in [7, 11) is 0. The molecule has 0 spiro atoms. The van der Waals surface area contributed by atoms with E-state index in [0.29, 0.717) is 17.5 Å². The van der Waals surface area contributed by atoms with Crippen LogP contribution in [0.1, 0.15) is 20.8 Å². The smallest absolute Gasteiger partial charge is 0.238 e. The molecular formula is C20H23N5O2S. The second-order valence-corrected chi connectivity index (χ2v) is 7.52. The molecule has 1 aromatic heterocycles. The predicted octanol–water partition coefficient (Wildman–Crippen LogP) is 3.82. The van der Waals surface area contributed by atoms with Gasteiger partial charge in [0.15, 0.2) is 0 Å². The van der Waals surface area contributed by atoms with Gasteiger partial charge in [-0.2, -0.15) is 4.68 Å². The van der Waals surface area contributed by atoms with Crippen LogP contribution in [0.4, 0.5) is 5.69 Å². The first kappa shape index (κ1) is 19.9. The largest absolute Gasteiger partial charge is 0.492 e. The molecule has 0 aliphatic heterocycles. The number of nitrogens with zero attached hydrogens (tertiary/aromatic N) is 4. The summed E-state index contributed by atoms with van der Waals surface area (Å²) in [4.78, 5) is 12.9. The van der Waals surface area contributed by atoms with Crippen LogP contribution in [0.2, 0.25) is 0 Å². The Hall–Kier alpha value is -2.87. The SMILES string of the molecule is CCOc1ccccc1-n1nnnc1S[C@@H](C(=O)Nc1ccccc1)C(C)C. The summed E-state index contributed by atoms with van der Waals surface area (Å²) in [5.41, 5.74) is 1.50. The molecule has 28 heavy (non-hydrogen) atoms. The number of para-hydroxylation sites is 3. The lowest BCUT2D eigenvalue weighted by Crippen LogP contribution is -2.30. The fourth-order valence-electron chi connectivity index (χ4n) is 2.65. The van der Waals surface area contributed by atoms with E-state index in [1.807, 2.05) is 75.4 Å². The summed E-state index contributed by atoms with van der Waals surface area (Å²) in [5, 5.41) is 15.2. The lowest BCUT2D eigenvalue weighted by Gasteiger charge is -2.19. The van der Waals surface area contributed by atoms with Crippen molar-refractivity contribution in [2.45, 2.75) is 31.2 Å². The van der Waals surface area contributed by atoms with E-state index in [1.54, 1.807) is 4.68 Å². The van der Waals surface area contributed by atoms with E-state index in [9.17, 15) is 4.79 Å². The van der Waals surface area contributed by atoms with Crippen LogP contribution in [0.5, 0.6) is 5.75 Å². The lowest BCUT2D eigenvalue weighted by molar-refractivity contribution is -0.116. The number of anilines is 1. The number of nitrogens with one attached hydrogen (secondary N) is 1. The summed E-state index contributed by atoms with van der Waals surface area (Å²) in [6.45, 7) is 6.47. The molecule has 1 atom stereocenters. The van der Waals surface area contributed by atoms with E-state index in [-0.39, 0.29) is 17.1 Å². The summed E-state index contributed by atoms with van der Waals surface area (Å²) >= 11 is 1.34. The van der Waals surface area contributed by atoms with E-state index in [0.717, 1.165) is 11.4 Å². The second-order valence-electron chi connectivity index (χ2n) is 6.41. The Bertz CT molecular complexity index is 914. The lowest BCUT2D eigenvalue weighted by atomic mass is 10.1. The van der Waals surface area contributed by atoms with Gasteiger partial charge in [0.2, 0.25) is 11.1 Å². The van der Waals surface area contributed by atoms with Crippen molar-refractivity contribution in [3.8, 4) is 11.4 Å². The molecule has 0 unspecified atom stereocenters. The van der Waals surface area contributed by atoms with Crippen molar-refractivity contribution in [3.05, 3.63) is 54.6 Å². The molecule has 3 rings (SSSR count). The zero-order valence-electron chi connectivity index (χ0n) is 16.1. The number of aromatic nitrogens is 4. The number of ether oxygens (including phenoxy) is 1. The molecule has 7 nitrogen and oxygen atoms in total. The summed E-state index contributed by atoms with van der Waals surface area (Å²) in [6, 6.07) is 17.0. The zero-order valence-corrected chi connectivity index (χ0v) is 16.9. The highest BCUT2D eigenvalue weighted by Crippen LogP contribution is 2.31. The minimum Gasteiger partial charge on any atom is -0.492 e. The van der Waals surface area contributed by atoms with Crippen LogP contribution in [0.3, 0.4) is 0 Å². The first-order valence-corrected chi connectivity index (χ1v) is 10.0. The summed E-state index contributed by atoms with van der Waals surface area (Å²) in [6.07, 6.45) is 0. The minimum absolute atomic E-state index is 0.0843. The van der Waals surface area contributed by atoms with Crippen LogP contribution in [0.25, 0.3) is 5.69 Å². The second kappa shape index (κ2) is 9.36. The van der Waals surface area contributed by atoms with E-state index in [1.165, 1.54) is 11.8 Å². The van der Waals surface area contributed by atoms with Gasteiger partial charge >= 0.3 is 0 Å². The maximum atomic E-state index is 12.9. The number of hydrogen-bond acceptors (Lipinski definition) is 6. The van der Waals surface area contributed by atoms with E-state index in [2.05, 4.69) is 20.8 Å². The topological polar surface area (TPSA) is 81.9 Å². The van der Waals surface area contributed by atoms with Crippen LogP contribution in [0.15, 0.2) is 59.8 Å². The van der Waals surface area contributed by atoms with Gasteiger partial charge in [-0.3, -0.25) is 4.79 Å². The van der Waals surface area contributed by atoms with E-state index in [4.69, 9.17) is 4.74 Å². The number of thioether (sulfide) groups is 1. The number of rotatable bonds is 8. The summed E-state index contributed by atoms with van der Waals surface area (Å²) in [5.74, 6) is 0.689. The van der Waals surface area contributed by atoms with Gasteiger partial charge in [0.1, 0.15) is 11.4 Å². The molecule has 0 bridgehead atoms. The van der Waals surface area contributed by atoms with Crippen molar-refractivity contribution in [1.29, 1.82) is 0 Å². The molecular weight excluding hydrogens is 374 g/mol. The Morgan fingerprint density at radius 3 is 2.57 bits per heavy atom. The average Bonchev–Trinajstić information content (AvgIpc) is 3.15. The third-order valence-corrected chi connectivity index (χ3v) is 5.45. The van der Waals surface area contributed by atoms with E-state index >= 15 is 0 Å². The minimum atomic E-state index is -0.357. The van der Waals surface area contributed by atoms with Gasteiger partial charge in [0.05, 0.1) is 11.9 Å². The predicted molar refractivity (Wildman–Crippen MR) is 110 cm³/mol. The van der Waals surface area contributed by atoms with Crippen LogP contribution < -0.4 is 10.1 Å². The maximum absolute atomic E-state index is 12.9. The van der Waals surface area contributed by atoms with Gasteiger partial charge in [-0.25, -0.2) is 0 Å². The normalized spacial score (nSPS) is 12.0. The fourth-order valence-corrected chi connectivity index (χ4v) is 3.64. The zero-order chi connectivity index (χ0) is 19.9. The van der Waals surface area contributed by atoms with Crippen molar-refractivity contribution in [1.82, 2.24) is 20.2 Å². The highest BCUT2D eigenvalue weighted by molar-refractivity contribution is 8.00. The van der Waals surface area contributed by atoms with Gasteiger partial charge in [0.25, 0.3) is 0 Å². The molecule has 1 heterocycles. The van der Waals surface area contributed by atoms with Crippen LogP contribution in [0, 0.1) is 5.92 Å². The Balaban J connectivity index is 1.84. The third kappa shape index (κ3) is 4.69. The van der Waals surface area contributed by atoms with Crippen molar-refractivity contribution < 1.29 is 9.53 Å². The molecule has 146 valence electrons. The molecule has 2 aromatic carbocycles. The van der Waals surface area contributed by atoms with Crippen LogP contribution in [-0.2, 0) is 4.79 Å². The highest BCUT2D eigenvalue weighted by Gasteiger charge is 2.27. The standard InChI is InChI=1S/C20H23N5O2S/c1-4-27-17-13-9-8-12-16(17)25-20(22-23-24-25)28-18(14(2)3)19(26)21-15-10-6-5-7-11-15/h5-14,18H,4H2,1-3H3,(H,21,26)/t18-/m1/s1. The van der Waals surface area contributed by atoms with Gasteiger partial charge in [0, 0.05) is 5.69 Å². The Morgan fingerprint density at radius 1 is 1.14 bits per heavy atom. The molecule has 1 N–H and O–H groups in total. The molecule has 0 aliphatic carbocycles. The summed E-state index contributed by atoms with van der Waals surface area (Å²) < 4.78 is 7.30. The van der Waals surface area contributed by atoms with Gasteiger partial charge < -0.3 is 10.1 Å². The van der Waals surface area contributed by atoms with Gasteiger partial charge in [-0.15, -0.1) is 5.10 Å². The Morgan fingerprint density at radius 2 is 1.86 bits per heavy atom. The number of hydrogen-bond donors (Lipinski definition) is 1. The number of benzene rings is 2. The van der Waals surface area contributed by atoms with E-state index < -0.39 is 0 Å². The van der Waals surface area contributed by atoms with Crippen molar-refractivity contribution in [2.24, 2.45) is 5.92 Å². The van der Waals surface area contributed by atoms with Gasteiger partial charge in [-0.1, -0.05) is 55.9 Å². The van der Waals surface area contributed by atoms with Crippen molar-refractivity contribution in [3.63, 3.8) is 0 Å². The quantitative estimate of drug-likeness (QED) is 0.582. The number of carbonyl (C=O) groups is 1. The first-order chi connectivity index (χ1) is 13.6. The molecule has 0 saturated carbocycles. The average molecular weight is 398 g/mol. The maximum Gasteiger partial charge on any atom is 0.238 e. The molecule has 0 radical (unpaired) electrons.